The van der Waals surface area contributed by atoms with Gasteiger partial charge in [-0.05, 0) is 37.5 Å². The second kappa shape index (κ2) is 4.47. The van der Waals surface area contributed by atoms with Crippen LogP contribution in [0.2, 0.25) is 0 Å². The quantitative estimate of drug-likeness (QED) is 0.744. The van der Waals surface area contributed by atoms with Crippen molar-refractivity contribution in [1.29, 1.82) is 5.41 Å². The summed E-state index contributed by atoms with van der Waals surface area (Å²) < 4.78 is 36.6. The van der Waals surface area contributed by atoms with Crippen molar-refractivity contribution in [3.63, 3.8) is 0 Å². The van der Waals surface area contributed by atoms with E-state index in [0.29, 0.717) is 18.6 Å². The number of nitrogens with one attached hydrogen (secondary N) is 1. The van der Waals surface area contributed by atoms with Crippen LogP contribution in [0.5, 0.6) is 0 Å². The summed E-state index contributed by atoms with van der Waals surface area (Å²) in [5.74, 6) is 0. The van der Waals surface area contributed by atoms with Crippen molar-refractivity contribution in [1.82, 2.24) is 0 Å². The van der Waals surface area contributed by atoms with Crippen molar-refractivity contribution >= 4 is 5.71 Å². The van der Waals surface area contributed by atoms with Crippen molar-refractivity contribution in [3.8, 4) is 0 Å². The number of aryl methyl sites for hydroxylation is 1. The van der Waals surface area contributed by atoms with Crippen LogP contribution in [-0.4, -0.2) is 5.71 Å². The highest BCUT2D eigenvalue weighted by Gasteiger charge is 2.29. The van der Waals surface area contributed by atoms with Crippen LogP contribution in [0.4, 0.5) is 13.2 Å². The van der Waals surface area contributed by atoms with Crippen LogP contribution in [0, 0.1) is 5.41 Å². The normalized spacial score (nSPS) is 11.5. The van der Waals surface area contributed by atoms with Gasteiger partial charge in [-0.1, -0.05) is 12.1 Å². The van der Waals surface area contributed by atoms with E-state index in [1.165, 1.54) is 12.1 Å². The van der Waals surface area contributed by atoms with Gasteiger partial charge in [0.2, 0.25) is 0 Å². The molecule has 0 saturated heterocycles. The lowest BCUT2D eigenvalue weighted by Crippen LogP contribution is -2.04. The number of hydrogen-bond donors (Lipinski definition) is 1. The maximum Gasteiger partial charge on any atom is 0.416 e. The highest BCUT2D eigenvalue weighted by atomic mass is 19.4. The van der Waals surface area contributed by atoms with E-state index in [1.54, 1.807) is 6.92 Å². The fourth-order valence-corrected chi connectivity index (χ4v) is 1.19. The fraction of sp³-hybridized carbons (Fsp3) is 0.364. The number of alkyl halides is 3. The summed E-state index contributed by atoms with van der Waals surface area (Å²) in [6.45, 7) is 1.68. The third-order valence-corrected chi connectivity index (χ3v) is 2.07. The Kier molecular flexibility index (Phi) is 3.50. The summed E-state index contributed by atoms with van der Waals surface area (Å²) in [5.41, 5.74) is 0.738. The molecule has 0 saturated carbocycles. The van der Waals surface area contributed by atoms with E-state index in [1.807, 2.05) is 0 Å². The molecule has 1 N–H and O–H groups in total. The van der Waals surface area contributed by atoms with Gasteiger partial charge in [-0.3, -0.25) is 0 Å². The van der Waals surface area contributed by atoms with Gasteiger partial charge in [0.1, 0.15) is 0 Å². The Morgan fingerprint density at radius 3 is 2.13 bits per heavy atom. The molecule has 0 bridgehead atoms. The molecule has 1 nitrogen and oxygen atoms in total. The fourth-order valence-electron chi connectivity index (χ4n) is 1.19. The van der Waals surface area contributed by atoms with Crippen LogP contribution in [0.25, 0.3) is 0 Å². The van der Waals surface area contributed by atoms with E-state index in [0.717, 1.165) is 17.7 Å². The number of benzene rings is 1. The van der Waals surface area contributed by atoms with E-state index in [9.17, 15) is 13.2 Å². The van der Waals surface area contributed by atoms with E-state index in [4.69, 9.17) is 5.41 Å². The van der Waals surface area contributed by atoms with Crippen molar-refractivity contribution in [2.24, 2.45) is 0 Å². The van der Waals surface area contributed by atoms with Crippen molar-refractivity contribution in [2.45, 2.75) is 25.9 Å². The van der Waals surface area contributed by atoms with E-state index in [2.05, 4.69) is 0 Å². The van der Waals surface area contributed by atoms with Gasteiger partial charge in [0.15, 0.2) is 0 Å². The first-order chi connectivity index (χ1) is 6.89. The highest BCUT2D eigenvalue weighted by Crippen LogP contribution is 2.29. The number of rotatable bonds is 3. The third kappa shape index (κ3) is 3.73. The van der Waals surface area contributed by atoms with Gasteiger partial charge in [-0.2, -0.15) is 13.2 Å². The van der Waals surface area contributed by atoms with Crippen LogP contribution in [0.15, 0.2) is 24.3 Å². The van der Waals surface area contributed by atoms with E-state index >= 15 is 0 Å². The zero-order valence-corrected chi connectivity index (χ0v) is 8.36. The Hall–Kier alpha value is -1.32. The van der Waals surface area contributed by atoms with E-state index in [-0.39, 0.29) is 0 Å². The van der Waals surface area contributed by atoms with E-state index < -0.39 is 11.7 Å². The first-order valence-electron chi connectivity index (χ1n) is 4.60. The molecule has 4 heteroatoms. The number of halogens is 3. The second-order valence-corrected chi connectivity index (χ2v) is 3.48. The lowest BCUT2D eigenvalue weighted by molar-refractivity contribution is -0.137. The highest BCUT2D eigenvalue weighted by molar-refractivity contribution is 5.78. The molecule has 15 heavy (non-hydrogen) atoms. The number of hydrogen-bond acceptors (Lipinski definition) is 1. The monoisotopic (exact) mass is 215 g/mol. The second-order valence-electron chi connectivity index (χ2n) is 3.48. The van der Waals surface area contributed by atoms with Crippen LogP contribution >= 0.6 is 0 Å². The lowest BCUT2D eigenvalue weighted by atomic mass is 10.1. The average Bonchev–Trinajstić information content (AvgIpc) is 2.14. The van der Waals surface area contributed by atoms with Crippen LogP contribution in [0.3, 0.4) is 0 Å². The topological polar surface area (TPSA) is 23.9 Å². The zero-order chi connectivity index (χ0) is 11.5. The average molecular weight is 215 g/mol. The largest absolute Gasteiger partial charge is 0.416 e. The Morgan fingerprint density at radius 2 is 1.73 bits per heavy atom. The van der Waals surface area contributed by atoms with Gasteiger partial charge in [-0.25, -0.2) is 0 Å². The smallest absolute Gasteiger partial charge is 0.310 e. The first-order valence-corrected chi connectivity index (χ1v) is 4.60. The lowest BCUT2D eigenvalue weighted by Gasteiger charge is -2.07. The molecular weight excluding hydrogens is 203 g/mol. The van der Waals surface area contributed by atoms with Gasteiger partial charge in [-0.15, -0.1) is 0 Å². The molecule has 0 unspecified atom stereocenters. The van der Waals surface area contributed by atoms with Crippen LogP contribution in [0.1, 0.15) is 24.5 Å². The Labute approximate surface area is 86.4 Å². The van der Waals surface area contributed by atoms with Crippen LogP contribution < -0.4 is 0 Å². The summed E-state index contributed by atoms with van der Waals surface area (Å²) in [4.78, 5) is 0. The molecule has 0 aromatic heterocycles. The van der Waals surface area contributed by atoms with Gasteiger partial charge in [0.25, 0.3) is 0 Å². The zero-order valence-electron chi connectivity index (χ0n) is 8.36. The molecule has 82 valence electrons. The van der Waals surface area contributed by atoms with Gasteiger partial charge in [0.05, 0.1) is 5.56 Å². The Morgan fingerprint density at radius 1 is 1.20 bits per heavy atom. The summed E-state index contributed by atoms with van der Waals surface area (Å²) in [6, 6.07) is 5.08. The third-order valence-electron chi connectivity index (χ3n) is 2.07. The maximum absolute atomic E-state index is 12.2. The summed E-state index contributed by atoms with van der Waals surface area (Å²) in [5, 5.41) is 7.21. The molecule has 0 heterocycles. The minimum atomic E-state index is -4.27. The van der Waals surface area contributed by atoms with Gasteiger partial charge in [0, 0.05) is 5.71 Å². The molecule has 0 atom stereocenters. The molecule has 0 amide bonds. The van der Waals surface area contributed by atoms with Crippen molar-refractivity contribution < 1.29 is 13.2 Å². The Balaban J connectivity index is 2.69. The summed E-state index contributed by atoms with van der Waals surface area (Å²) in [7, 11) is 0. The minimum absolute atomic E-state index is 0.537. The summed E-state index contributed by atoms with van der Waals surface area (Å²) >= 11 is 0. The summed E-state index contributed by atoms with van der Waals surface area (Å²) in [6.07, 6.45) is -3.06. The molecule has 1 rings (SSSR count). The molecule has 0 spiro atoms. The van der Waals surface area contributed by atoms with Gasteiger partial charge < -0.3 is 5.41 Å². The van der Waals surface area contributed by atoms with Gasteiger partial charge >= 0.3 is 6.18 Å². The predicted molar refractivity (Wildman–Crippen MR) is 53.2 cm³/mol. The predicted octanol–water partition coefficient (Wildman–Crippen LogP) is 3.68. The molecule has 1 aromatic rings. The molecule has 0 radical (unpaired) electrons. The standard InChI is InChI=1S/C11H12F3N/c1-8(15)2-3-9-4-6-10(7-5-9)11(12,13)14/h4-7,15H,2-3H2,1H3. The van der Waals surface area contributed by atoms with Crippen molar-refractivity contribution in [2.75, 3.05) is 0 Å². The molecular formula is C11H12F3N. The van der Waals surface area contributed by atoms with Crippen molar-refractivity contribution in [3.05, 3.63) is 35.4 Å². The van der Waals surface area contributed by atoms with Crippen LogP contribution in [-0.2, 0) is 12.6 Å². The molecule has 0 aliphatic carbocycles. The first kappa shape index (κ1) is 11.8. The molecule has 0 aliphatic rings. The Bertz CT molecular complexity index is 338. The molecule has 1 aromatic carbocycles. The molecule has 0 fully saturated rings. The SMILES string of the molecule is CC(=N)CCc1ccc(C(F)(F)F)cc1. The minimum Gasteiger partial charge on any atom is -0.310 e. The molecule has 0 aliphatic heterocycles. The maximum atomic E-state index is 12.2.